The second-order valence-electron chi connectivity index (χ2n) is 11.5. The molecule has 1 N–H and O–H groups in total. The van der Waals surface area contributed by atoms with Crippen LogP contribution < -0.4 is 30.0 Å². The molecule has 6 aromatic rings. The van der Waals surface area contributed by atoms with Crippen LogP contribution in [0.15, 0.2) is 155 Å². The Kier molecular flexibility index (Phi) is 16.0. The molecule has 0 fully saturated rings. The van der Waals surface area contributed by atoms with Gasteiger partial charge in [0.1, 0.15) is 11.5 Å². The first-order valence-electron chi connectivity index (χ1n) is 17.4. The number of nitrogens with zero attached hydrogens (tertiary/aromatic N) is 3. The van der Waals surface area contributed by atoms with Crippen molar-refractivity contribution in [2.45, 2.75) is 20.5 Å². The predicted octanol–water partition coefficient (Wildman–Crippen LogP) is 11.9. The van der Waals surface area contributed by atoms with Crippen LogP contribution in [0, 0.1) is 0 Å². The Labute approximate surface area is 343 Å². The lowest BCUT2D eigenvalue weighted by atomic mass is 10.1. The van der Waals surface area contributed by atoms with Crippen molar-refractivity contribution in [3.8, 4) is 11.5 Å². The summed E-state index contributed by atoms with van der Waals surface area (Å²) in [7, 11) is 8.24. The Morgan fingerprint density at radius 2 is 0.618 bits per heavy atom. The van der Waals surface area contributed by atoms with Gasteiger partial charge in [-0.1, -0.05) is 52.3 Å². The van der Waals surface area contributed by atoms with Gasteiger partial charge in [-0.25, -0.2) is 15.2 Å². The fraction of sp³-hybridized carbons (Fsp3) is 0.122. The third-order valence-electron chi connectivity index (χ3n) is 7.86. The second-order valence-corrected chi connectivity index (χ2v) is 13.3. The maximum atomic E-state index is 5.74. The van der Waals surface area contributed by atoms with E-state index in [0.29, 0.717) is 0 Å². The monoisotopic (exact) mass is 859 g/mol. The molecule has 0 bridgehead atoms. The number of hydrogen-bond donors (Lipinski definition) is 1. The van der Waals surface area contributed by atoms with Crippen LogP contribution in [0.3, 0.4) is 0 Å². The van der Waals surface area contributed by atoms with Crippen LogP contribution in [0.25, 0.3) is 0 Å². The Hall–Kier alpha value is -4.85. The highest BCUT2D eigenvalue weighted by Crippen LogP contribution is 2.33. The number of hydrogen-bond acceptors (Lipinski definition) is 9. The molecule has 277 valence electrons. The van der Waals surface area contributed by atoms with Crippen molar-refractivity contribution >= 4 is 99.8 Å². The molecular formula is C41H40B3Br2N4O5. The molecular weight excluding hydrogens is 821 g/mol. The number of ether oxygens (including phenoxy) is 2. The zero-order valence-corrected chi connectivity index (χ0v) is 34.4. The van der Waals surface area contributed by atoms with Gasteiger partial charge in [-0.3, -0.25) is 0 Å². The largest absolute Gasteiger partial charge is 0.497 e. The Bertz CT molecular complexity index is 2010. The summed E-state index contributed by atoms with van der Waals surface area (Å²) in [5, 5.41) is 8.66. The first-order valence-corrected chi connectivity index (χ1v) is 18.9. The van der Waals surface area contributed by atoms with Crippen LogP contribution in [0.2, 0.25) is 20.5 Å². The highest BCUT2D eigenvalue weighted by atomic mass is 79.9. The van der Waals surface area contributed by atoms with Gasteiger partial charge in [0.2, 0.25) is 0 Å². The summed E-state index contributed by atoms with van der Waals surface area (Å²) in [6.45, 7) is 5.53. The average molecular weight is 861 g/mol. The van der Waals surface area contributed by atoms with Gasteiger partial charge in [0.15, 0.2) is 0 Å². The number of halogens is 2. The van der Waals surface area contributed by atoms with Gasteiger partial charge in [0.25, 0.3) is 0 Å². The van der Waals surface area contributed by atoms with Gasteiger partial charge in [-0.15, -0.1) is 0 Å². The summed E-state index contributed by atoms with van der Waals surface area (Å²) >= 11 is 6.91. The number of benzene rings is 6. The second kappa shape index (κ2) is 21.3. The molecule has 0 unspecified atom stereocenters. The van der Waals surface area contributed by atoms with E-state index in [1.54, 1.807) is 51.9 Å². The lowest BCUT2D eigenvalue weighted by molar-refractivity contribution is 0.343. The maximum absolute atomic E-state index is 5.74. The summed E-state index contributed by atoms with van der Waals surface area (Å²) in [6.07, 6.45) is 0. The summed E-state index contributed by atoms with van der Waals surface area (Å²) in [5.74, 6) is 1.60. The molecule has 0 saturated heterocycles. The number of rotatable bonds is 16. The topological polar surface area (TPSA) is 67.9 Å². The first-order chi connectivity index (χ1) is 26.8. The highest BCUT2D eigenvalue weighted by Gasteiger charge is 2.14. The van der Waals surface area contributed by atoms with E-state index in [2.05, 4.69) is 37.2 Å². The molecule has 14 heteroatoms. The van der Waals surface area contributed by atoms with Crippen molar-refractivity contribution in [3.63, 3.8) is 0 Å². The summed E-state index contributed by atoms with van der Waals surface area (Å²) in [5.41, 5.74) is 7.46. The number of methoxy groups -OCH3 is 2. The SMILES string of the molecule is C[B]ON(c1ccc(Br)cc1)c1ccc(N(O[B]C)c2ccc(OC)cc2)cc1.C[B]ON(c1ccc(Nc2ccc(Br)cc2)cc1)c1ccc(OC)cc1. The van der Waals surface area contributed by atoms with E-state index in [1.165, 1.54) is 0 Å². The Morgan fingerprint density at radius 1 is 0.382 bits per heavy atom. The zero-order chi connectivity index (χ0) is 39.0. The summed E-state index contributed by atoms with van der Waals surface area (Å²) in [4.78, 5) is 0. The number of anilines is 8. The quantitative estimate of drug-likeness (QED) is 0.0757. The summed E-state index contributed by atoms with van der Waals surface area (Å²) < 4.78 is 29.7. The van der Waals surface area contributed by atoms with Crippen LogP contribution in [-0.4, -0.2) is 36.7 Å². The van der Waals surface area contributed by atoms with E-state index in [0.717, 1.165) is 65.9 Å². The van der Waals surface area contributed by atoms with E-state index in [4.69, 9.17) is 23.7 Å². The smallest absolute Gasteiger partial charge is 0.331 e. The van der Waals surface area contributed by atoms with Gasteiger partial charge < -0.3 is 29.1 Å². The standard InChI is InChI=1S/C21H21B2BrN2O3.C20H19BBrN2O2/c1-22-28-25(17-6-4-16(24)5-7-17)18-8-10-19(11-9-18)26(29-23-2)20-12-14-21(27-3)15-13-20;1-21-26-24(19-11-13-20(25-2)14-12-19)18-9-7-17(8-10-18)23-16-5-3-15(22)4-6-16/h4-15H,1-3H3;3-14,23H,1-2H3. The Balaban J connectivity index is 0.000000212. The fourth-order valence-electron chi connectivity index (χ4n) is 5.24. The molecule has 0 spiro atoms. The van der Waals surface area contributed by atoms with E-state index < -0.39 is 0 Å². The maximum Gasteiger partial charge on any atom is 0.331 e. The van der Waals surface area contributed by atoms with Crippen LogP contribution in [0.5, 0.6) is 11.5 Å². The van der Waals surface area contributed by atoms with E-state index in [-0.39, 0.29) is 0 Å². The Morgan fingerprint density at radius 3 is 0.909 bits per heavy atom. The van der Waals surface area contributed by atoms with Crippen LogP contribution in [0.1, 0.15) is 0 Å². The van der Waals surface area contributed by atoms with E-state index in [9.17, 15) is 0 Å². The molecule has 0 heterocycles. The third-order valence-corrected chi connectivity index (χ3v) is 8.92. The van der Waals surface area contributed by atoms with Gasteiger partial charge >= 0.3 is 22.4 Å². The van der Waals surface area contributed by atoms with E-state index in [1.807, 2.05) is 166 Å². The van der Waals surface area contributed by atoms with Crippen LogP contribution in [0.4, 0.5) is 45.5 Å². The predicted molar refractivity (Wildman–Crippen MR) is 235 cm³/mol. The van der Waals surface area contributed by atoms with E-state index >= 15 is 0 Å². The molecule has 0 saturated carbocycles. The van der Waals surface area contributed by atoms with Crippen LogP contribution >= 0.6 is 31.9 Å². The van der Waals surface area contributed by atoms with Gasteiger partial charge in [-0.05, 0) is 146 Å². The molecule has 0 aliphatic carbocycles. The van der Waals surface area contributed by atoms with Gasteiger partial charge in [-0.2, -0.15) is 0 Å². The molecule has 9 nitrogen and oxygen atoms in total. The van der Waals surface area contributed by atoms with Crippen molar-refractivity contribution in [3.05, 3.63) is 155 Å². The normalized spacial score (nSPS) is 10.3. The molecule has 0 aliphatic rings. The fourth-order valence-corrected chi connectivity index (χ4v) is 5.77. The lowest BCUT2D eigenvalue weighted by Crippen LogP contribution is -2.20. The van der Waals surface area contributed by atoms with Crippen LogP contribution in [-0.2, 0) is 14.3 Å². The zero-order valence-electron chi connectivity index (χ0n) is 31.2. The molecule has 3 radical (unpaired) electrons. The van der Waals surface area contributed by atoms with Crippen molar-refractivity contribution in [2.75, 3.05) is 34.7 Å². The van der Waals surface area contributed by atoms with Crippen molar-refractivity contribution < 1.29 is 23.7 Å². The molecule has 0 aliphatic heterocycles. The van der Waals surface area contributed by atoms with Crippen molar-refractivity contribution in [2.24, 2.45) is 0 Å². The highest BCUT2D eigenvalue weighted by molar-refractivity contribution is 9.10. The lowest BCUT2D eigenvalue weighted by Gasteiger charge is -2.27. The molecule has 0 amide bonds. The minimum atomic E-state index is 0.794. The molecule has 55 heavy (non-hydrogen) atoms. The number of nitrogens with one attached hydrogen (secondary N) is 1. The average Bonchev–Trinajstić information content (AvgIpc) is 3.23. The van der Waals surface area contributed by atoms with Gasteiger partial charge in [0, 0.05) is 20.3 Å². The molecule has 0 aromatic heterocycles. The third kappa shape index (κ3) is 11.8. The minimum absolute atomic E-state index is 0.794. The molecule has 6 rings (SSSR count). The van der Waals surface area contributed by atoms with Crippen molar-refractivity contribution in [1.82, 2.24) is 0 Å². The molecule has 0 atom stereocenters. The van der Waals surface area contributed by atoms with Crippen molar-refractivity contribution in [1.29, 1.82) is 0 Å². The minimum Gasteiger partial charge on any atom is -0.497 e. The first kappa shape index (κ1) is 41.3. The molecule has 6 aromatic carbocycles. The summed E-state index contributed by atoms with van der Waals surface area (Å²) in [6, 6.07) is 47.4. The van der Waals surface area contributed by atoms with Gasteiger partial charge in [0.05, 0.1) is 48.3 Å².